The molecule has 2 aliphatic rings. The molecule has 2 aliphatic carbocycles. The van der Waals surface area contributed by atoms with Crippen molar-refractivity contribution < 1.29 is 14.0 Å². The quantitative estimate of drug-likeness (QED) is 0.878. The summed E-state index contributed by atoms with van der Waals surface area (Å²) in [6.45, 7) is 0. The van der Waals surface area contributed by atoms with Gasteiger partial charge in [0, 0.05) is 11.8 Å². The van der Waals surface area contributed by atoms with Gasteiger partial charge in [0.25, 0.3) is 0 Å². The number of carbonyl (C=O) groups excluding carboxylic acids is 2. The zero-order chi connectivity index (χ0) is 17.4. The maximum absolute atomic E-state index is 13.3. The van der Waals surface area contributed by atoms with Crippen LogP contribution in [0, 0.1) is 17.7 Å². The minimum absolute atomic E-state index is 0.000186. The predicted molar refractivity (Wildman–Crippen MR) is 91.5 cm³/mol. The van der Waals surface area contributed by atoms with E-state index in [1.165, 1.54) is 18.3 Å². The van der Waals surface area contributed by atoms with Crippen LogP contribution in [0.2, 0.25) is 0 Å². The Labute approximate surface area is 144 Å². The van der Waals surface area contributed by atoms with Crippen LogP contribution in [0.4, 0.5) is 15.9 Å². The van der Waals surface area contributed by atoms with Gasteiger partial charge in [0.05, 0.1) is 11.9 Å². The summed E-state index contributed by atoms with van der Waals surface area (Å²) >= 11 is 0. The zero-order valence-electron chi connectivity index (χ0n) is 13.5. The first-order valence-electron chi connectivity index (χ1n) is 8.43. The molecule has 2 N–H and O–H groups in total. The zero-order valence-corrected chi connectivity index (χ0v) is 13.5. The van der Waals surface area contributed by atoms with E-state index >= 15 is 0 Å². The van der Waals surface area contributed by atoms with Gasteiger partial charge in [-0.1, -0.05) is 12.1 Å². The van der Waals surface area contributed by atoms with Crippen molar-refractivity contribution in [3.05, 3.63) is 54.0 Å². The van der Waals surface area contributed by atoms with Crippen LogP contribution in [0.25, 0.3) is 0 Å². The molecule has 6 heteroatoms. The third kappa shape index (κ3) is 3.68. The van der Waals surface area contributed by atoms with E-state index in [1.807, 2.05) is 6.07 Å². The molecule has 25 heavy (non-hydrogen) atoms. The molecule has 1 aromatic carbocycles. The Morgan fingerprint density at radius 2 is 1.92 bits per heavy atom. The summed E-state index contributed by atoms with van der Waals surface area (Å²) in [6, 6.07) is 9.78. The van der Waals surface area contributed by atoms with Crippen molar-refractivity contribution in [3.8, 4) is 0 Å². The molecule has 4 rings (SSSR count). The second-order valence-electron chi connectivity index (χ2n) is 6.69. The Balaban J connectivity index is 1.33. The Morgan fingerprint density at radius 3 is 2.60 bits per heavy atom. The lowest BCUT2D eigenvalue weighted by Gasteiger charge is -2.07. The second-order valence-corrected chi connectivity index (χ2v) is 6.69. The number of hydrogen-bond donors (Lipinski definition) is 2. The number of benzene rings is 1. The number of hydrogen-bond acceptors (Lipinski definition) is 3. The van der Waals surface area contributed by atoms with E-state index in [-0.39, 0.29) is 35.4 Å². The van der Waals surface area contributed by atoms with E-state index in [0.717, 1.165) is 24.8 Å². The SMILES string of the molecule is O=C(Nc1ccc(NC(=O)C2CC2c2cccc(F)c2)cn1)C1CC1. The van der Waals surface area contributed by atoms with Crippen LogP contribution in [0.5, 0.6) is 0 Å². The molecule has 2 saturated carbocycles. The molecule has 0 spiro atoms. The third-order valence-corrected chi connectivity index (χ3v) is 4.63. The van der Waals surface area contributed by atoms with Gasteiger partial charge < -0.3 is 10.6 Å². The molecule has 2 amide bonds. The minimum Gasteiger partial charge on any atom is -0.324 e. The van der Waals surface area contributed by atoms with Crippen molar-refractivity contribution in [2.45, 2.75) is 25.2 Å². The third-order valence-electron chi connectivity index (χ3n) is 4.63. The lowest BCUT2D eigenvalue weighted by Crippen LogP contribution is -2.16. The molecule has 2 unspecified atom stereocenters. The lowest BCUT2D eigenvalue weighted by molar-refractivity contribution is -0.118. The van der Waals surface area contributed by atoms with Gasteiger partial charge in [-0.05, 0) is 55.0 Å². The number of halogens is 1. The summed E-state index contributed by atoms with van der Waals surface area (Å²) < 4.78 is 13.3. The smallest absolute Gasteiger partial charge is 0.228 e. The summed E-state index contributed by atoms with van der Waals surface area (Å²) in [5.74, 6) is 0.161. The van der Waals surface area contributed by atoms with Gasteiger partial charge in [-0.25, -0.2) is 9.37 Å². The summed E-state index contributed by atoms with van der Waals surface area (Å²) in [5.41, 5.74) is 1.44. The van der Waals surface area contributed by atoms with Crippen molar-refractivity contribution in [2.24, 2.45) is 11.8 Å². The number of pyridine rings is 1. The summed E-state index contributed by atoms with van der Waals surface area (Å²) in [7, 11) is 0. The average Bonchev–Trinajstić information content (AvgIpc) is 3.48. The van der Waals surface area contributed by atoms with E-state index in [9.17, 15) is 14.0 Å². The van der Waals surface area contributed by atoms with Gasteiger partial charge in [-0.2, -0.15) is 0 Å². The number of rotatable bonds is 5. The van der Waals surface area contributed by atoms with Crippen molar-refractivity contribution in [1.82, 2.24) is 4.98 Å². The van der Waals surface area contributed by atoms with E-state index in [1.54, 1.807) is 18.2 Å². The molecule has 1 heterocycles. The van der Waals surface area contributed by atoms with Crippen LogP contribution in [-0.2, 0) is 9.59 Å². The number of anilines is 2. The van der Waals surface area contributed by atoms with Crippen molar-refractivity contribution in [1.29, 1.82) is 0 Å². The maximum atomic E-state index is 13.3. The number of nitrogens with one attached hydrogen (secondary N) is 2. The first-order valence-corrected chi connectivity index (χ1v) is 8.43. The maximum Gasteiger partial charge on any atom is 0.228 e. The van der Waals surface area contributed by atoms with Crippen LogP contribution in [0.1, 0.15) is 30.7 Å². The Bertz CT molecular complexity index is 818. The van der Waals surface area contributed by atoms with Gasteiger partial charge in [0.2, 0.25) is 11.8 Å². The normalized spacial score (nSPS) is 21.5. The molecule has 0 aliphatic heterocycles. The molecule has 5 nitrogen and oxygen atoms in total. The van der Waals surface area contributed by atoms with Gasteiger partial charge in [0.15, 0.2) is 0 Å². The Kier molecular flexibility index (Phi) is 3.95. The molecule has 0 saturated heterocycles. The molecule has 128 valence electrons. The molecule has 1 aromatic heterocycles. The fourth-order valence-electron chi connectivity index (χ4n) is 2.94. The summed E-state index contributed by atoms with van der Waals surface area (Å²) in [4.78, 5) is 28.1. The molecule has 2 aromatic rings. The van der Waals surface area contributed by atoms with Crippen LogP contribution >= 0.6 is 0 Å². The van der Waals surface area contributed by atoms with E-state index in [2.05, 4.69) is 15.6 Å². The fourth-order valence-corrected chi connectivity index (χ4v) is 2.94. The van der Waals surface area contributed by atoms with Gasteiger partial charge in [-0.3, -0.25) is 9.59 Å². The second kappa shape index (κ2) is 6.27. The molecule has 0 bridgehead atoms. The van der Waals surface area contributed by atoms with Crippen molar-refractivity contribution in [3.63, 3.8) is 0 Å². The van der Waals surface area contributed by atoms with E-state index < -0.39 is 0 Å². The van der Waals surface area contributed by atoms with Crippen LogP contribution in [-0.4, -0.2) is 16.8 Å². The minimum atomic E-state index is -0.281. The highest BCUT2D eigenvalue weighted by Gasteiger charge is 2.44. The van der Waals surface area contributed by atoms with Crippen LogP contribution in [0.15, 0.2) is 42.6 Å². The highest BCUT2D eigenvalue weighted by Crippen LogP contribution is 2.48. The monoisotopic (exact) mass is 339 g/mol. The molecule has 2 fully saturated rings. The number of nitrogens with zero attached hydrogens (tertiary/aromatic N) is 1. The van der Waals surface area contributed by atoms with Crippen molar-refractivity contribution in [2.75, 3.05) is 10.6 Å². The van der Waals surface area contributed by atoms with Gasteiger partial charge in [-0.15, -0.1) is 0 Å². The lowest BCUT2D eigenvalue weighted by atomic mass is 10.1. The molecular weight excluding hydrogens is 321 g/mol. The first kappa shape index (κ1) is 15.7. The number of carbonyl (C=O) groups is 2. The highest BCUT2D eigenvalue weighted by atomic mass is 19.1. The van der Waals surface area contributed by atoms with Crippen LogP contribution in [0.3, 0.4) is 0 Å². The summed E-state index contributed by atoms with van der Waals surface area (Å²) in [5, 5.41) is 5.58. The predicted octanol–water partition coefficient (Wildman–Crippen LogP) is 3.31. The molecular formula is C19H18FN3O2. The number of amides is 2. The standard InChI is InChI=1S/C19H18FN3O2/c20-13-3-1-2-12(8-13)15-9-16(15)19(25)22-14-6-7-17(21-10-14)23-18(24)11-4-5-11/h1-3,6-8,10-11,15-16H,4-5,9H2,(H,22,25)(H,21,23,24). The highest BCUT2D eigenvalue weighted by molar-refractivity contribution is 5.96. The Morgan fingerprint density at radius 1 is 1.08 bits per heavy atom. The van der Waals surface area contributed by atoms with E-state index in [0.29, 0.717) is 11.5 Å². The average molecular weight is 339 g/mol. The van der Waals surface area contributed by atoms with E-state index in [4.69, 9.17) is 0 Å². The topological polar surface area (TPSA) is 71.1 Å². The largest absolute Gasteiger partial charge is 0.324 e. The fraction of sp³-hybridized carbons (Fsp3) is 0.316. The Hall–Kier alpha value is -2.76. The van der Waals surface area contributed by atoms with Gasteiger partial charge in [0.1, 0.15) is 11.6 Å². The summed E-state index contributed by atoms with van der Waals surface area (Å²) in [6.07, 6.45) is 4.12. The molecule has 2 atom stereocenters. The van der Waals surface area contributed by atoms with Gasteiger partial charge >= 0.3 is 0 Å². The first-order chi connectivity index (χ1) is 12.1. The van der Waals surface area contributed by atoms with Crippen LogP contribution < -0.4 is 10.6 Å². The van der Waals surface area contributed by atoms with Crippen molar-refractivity contribution >= 4 is 23.3 Å². The number of aromatic nitrogens is 1. The molecule has 0 radical (unpaired) electrons.